The van der Waals surface area contributed by atoms with Gasteiger partial charge < -0.3 is 14.4 Å². The van der Waals surface area contributed by atoms with Crippen LogP contribution in [0.2, 0.25) is 0 Å². The summed E-state index contributed by atoms with van der Waals surface area (Å²) in [5.41, 5.74) is 0.735. The Kier molecular flexibility index (Phi) is 3.95. The molecule has 2 fully saturated rings. The lowest BCUT2D eigenvalue weighted by atomic mass is 10.2. The van der Waals surface area contributed by atoms with Crippen LogP contribution in [-0.2, 0) is 7.05 Å². The molecular weight excluding hydrogens is 306 g/mol. The molecule has 0 unspecified atom stereocenters. The Labute approximate surface area is 141 Å². The highest BCUT2D eigenvalue weighted by atomic mass is 16.2. The Balaban J connectivity index is 1.42. The second-order valence-corrected chi connectivity index (χ2v) is 6.65. The van der Waals surface area contributed by atoms with Crippen molar-refractivity contribution < 1.29 is 4.79 Å². The number of rotatable bonds is 3. The molecule has 0 radical (unpaired) electrons. The predicted octanol–water partition coefficient (Wildman–Crippen LogP) is 1.09. The maximum absolute atomic E-state index is 12.6. The zero-order valence-electron chi connectivity index (χ0n) is 14.0. The lowest BCUT2D eigenvalue weighted by Gasteiger charge is -2.35. The Hall–Kier alpha value is -2.38. The van der Waals surface area contributed by atoms with Crippen LogP contribution in [0.15, 0.2) is 18.3 Å². The fraction of sp³-hybridized carbons (Fsp3) is 0.625. The van der Waals surface area contributed by atoms with Crippen LogP contribution in [0.3, 0.4) is 0 Å². The highest BCUT2D eigenvalue weighted by Gasteiger charge is 2.28. The topological polar surface area (TPSA) is 72.1 Å². The monoisotopic (exact) mass is 329 g/mol. The van der Waals surface area contributed by atoms with Gasteiger partial charge in [-0.2, -0.15) is 0 Å². The molecule has 2 aliphatic rings. The smallest absolute Gasteiger partial charge is 0.270 e. The number of carbonyl (C=O) groups is 1. The number of hydrogen-bond acceptors (Lipinski definition) is 5. The molecule has 8 heteroatoms. The highest BCUT2D eigenvalue weighted by Crippen LogP contribution is 2.31. The normalized spacial score (nSPS) is 19.2. The van der Waals surface area contributed by atoms with E-state index in [1.165, 1.54) is 12.8 Å². The average molecular weight is 329 g/mol. The molecule has 0 bridgehead atoms. The third kappa shape index (κ3) is 2.65. The summed E-state index contributed by atoms with van der Waals surface area (Å²) in [5.74, 6) is 0.949. The number of tetrazole rings is 1. The van der Waals surface area contributed by atoms with Gasteiger partial charge in [0.2, 0.25) is 5.95 Å². The summed E-state index contributed by atoms with van der Waals surface area (Å²) in [6.45, 7) is 2.93. The summed E-state index contributed by atoms with van der Waals surface area (Å²) >= 11 is 0. The van der Waals surface area contributed by atoms with Gasteiger partial charge in [0.25, 0.3) is 5.91 Å². The van der Waals surface area contributed by atoms with Crippen LogP contribution in [-0.4, -0.2) is 61.8 Å². The van der Waals surface area contributed by atoms with Gasteiger partial charge in [0.15, 0.2) is 0 Å². The molecule has 1 aliphatic heterocycles. The van der Waals surface area contributed by atoms with E-state index in [-0.39, 0.29) is 5.91 Å². The maximum Gasteiger partial charge on any atom is 0.270 e. The number of amides is 1. The Morgan fingerprint density at radius 3 is 2.58 bits per heavy atom. The minimum absolute atomic E-state index is 0.0949. The number of piperazine rings is 1. The minimum Gasteiger partial charge on any atom is -0.347 e. The summed E-state index contributed by atoms with van der Waals surface area (Å²) in [6.07, 6.45) is 6.72. The van der Waals surface area contributed by atoms with E-state index in [1.807, 2.05) is 39.5 Å². The van der Waals surface area contributed by atoms with Crippen LogP contribution in [0.5, 0.6) is 0 Å². The van der Waals surface area contributed by atoms with Crippen molar-refractivity contribution in [3.05, 3.63) is 24.0 Å². The molecule has 0 spiro atoms. The number of aryl methyl sites for hydroxylation is 1. The Bertz CT molecular complexity index is 708. The molecule has 2 aromatic rings. The fourth-order valence-corrected chi connectivity index (χ4v) is 3.74. The maximum atomic E-state index is 12.6. The van der Waals surface area contributed by atoms with Gasteiger partial charge in [0.1, 0.15) is 5.69 Å². The Morgan fingerprint density at radius 1 is 1.17 bits per heavy atom. The molecular formula is C16H23N7O. The van der Waals surface area contributed by atoms with E-state index in [2.05, 4.69) is 20.4 Å². The Morgan fingerprint density at radius 2 is 1.92 bits per heavy atom. The third-order valence-electron chi connectivity index (χ3n) is 5.16. The van der Waals surface area contributed by atoms with Crippen LogP contribution in [0.25, 0.3) is 0 Å². The quantitative estimate of drug-likeness (QED) is 0.843. The zero-order chi connectivity index (χ0) is 16.5. The van der Waals surface area contributed by atoms with Crippen molar-refractivity contribution in [3.63, 3.8) is 0 Å². The van der Waals surface area contributed by atoms with Gasteiger partial charge in [0.05, 0.1) is 6.04 Å². The summed E-state index contributed by atoms with van der Waals surface area (Å²) in [4.78, 5) is 16.7. The molecule has 3 heterocycles. The number of nitrogens with zero attached hydrogens (tertiary/aromatic N) is 7. The molecule has 2 aromatic heterocycles. The van der Waals surface area contributed by atoms with Crippen molar-refractivity contribution in [2.75, 3.05) is 31.1 Å². The highest BCUT2D eigenvalue weighted by molar-refractivity contribution is 5.92. The van der Waals surface area contributed by atoms with Gasteiger partial charge >= 0.3 is 0 Å². The standard InChI is InChI=1S/C16H23N7O/c1-20-8-4-7-14(20)15(24)21-9-11-22(12-10-21)16-17-18-19-23(16)13-5-2-3-6-13/h4,7-8,13H,2-3,5-6,9-12H2,1H3. The van der Waals surface area contributed by atoms with Crippen LogP contribution in [0.4, 0.5) is 5.95 Å². The molecule has 8 nitrogen and oxygen atoms in total. The van der Waals surface area contributed by atoms with Gasteiger partial charge in [0, 0.05) is 39.4 Å². The van der Waals surface area contributed by atoms with Crippen LogP contribution >= 0.6 is 0 Å². The number of carbonyl (C=O) groups excluding carboxylic acids is 1. The van der Waals surface area contributed by atoms with Crippen molar-refractivity contribution in [3.8, 4) is 0 Å². The van der Waals surface area contributed by atoms with Crippen molar-refractivity contribution in [1.82, 2.24) is 29.7 Å². The van der Waals surface area contributed by atoms with Gasteiger partial charge in [-0.3, -0.25) is 4.79 Å². The zero-order valence-corrected chi connectivity index (χ0v) is 14.0. The molecule has 1 aliphatic carbocycles. The van der Waals surface area contributed by atoms with Crippen molar-refractivity contribution in [2.45, 2.75) is 31.7 Å². The first kappa shape index (κ1) is 15.2. The van der Waals surface area contributed by atoms with Crippen LogP contribution in [0, 0.1) is 0 Å². The summed E-state index contributed by atoms with van der Waals surface area (Å²) in [7, 11) is 1.90. The van der Waals surface area contributed by atoms with E-state index in [9.17, 15) is 4.79 Å². The lowest BCUT2D eigenvalue weighted by Crippen LogP contribution is -2.50. The van der Waals surface area contributed by atoms with E-state index in [0.29, 0.717) is 19.1 Å². The number of hydrogen-bond donors (Lipinski definition) is 0. The molecule has 4 rings (SSSR count). The lowest BCUT2D eigenvalue weighted by molar-refractivity contribution is 0.0736. The first-order valence-corrected chi connectivity index (χ1v) is 8.67. The second kappa shape index (κ2) is 6.26. The van der Waals surface area contributed by atoms with Gasteiger partial charge in [-0.1, -0.05) is 17.9 Å². The predicted molar refractivity (Wildman–Crippen MR) is 88.9 cm³/mol. The third-order valence-corrected chi connectivity index (χ3v) is 5.16. The second-order valence-electron chi connectivity index (χ2n) is 6.65. The van der Waals surface area contributed by atoms with Crippen LogP contribution < -0.4 is 4.90 Å². The first-order chi connectivity index (χ1) is 11.7. The van der Waals surface area contributed by atoms with E-state index in [1.54, 1.807) is 0 Å². The number of aromatic nitrogens is 5. The molecule has 1 saturated carbocycles. The summed E-state index contributed by atoms with van der Waals surface area (Å²) < 4.78 is 3.86. The van der Waals surface area contributed by atoms with Crippen molar-refractivity contribution >= 4 is 11.9 Å². The van der Waals surface area contributed by atoms with Gasteiger partial charge in [-0.15, -0.1) is 0 Å². The fourth-order valence-electron chi connectivity index (χ4n) is 3.74. The van der Waals surface area contributed by atoms with Gasteiger partial charge in [-0.25, -0.2) is 4.68 Å². The molecule has 24 heavy (non-hydrogen) atoms. The van der Waals surface area contributed by atoms with E-state index >= 15 is 0 Å². The molecule has 1 amide bonds. The van der Waals surface area contributed by atoms with Crippen LogP contribution in [0.1, 0.15) is 42.2 Å². The van der Waals surface area contributed by atoms with E-state index in [0.717, 1.165) is 37.6 Å². The molecule has 128 valence electrons. The largest absolute Gasteiger partial charge is 0.347 e. The number of anilines is 1. The van der Waals surface area contributed by atoms with Crippen molar-refractivity contribution in [2.24, 2.45) is 7.05 Å². The first-order valence-electron chi connectivity index (χ1n) is 8.67. The van der Waals surface area contributed by atoms with Gasteiger partial charge in [-0.05, 0) is 35.4 Å². The molecule has 0 atom stereocenters. The summed E-state index contributed by atoms with van der Waals surface area (Å²) in [6, 6.07) is 4.20. The van der Waals surface area contributed by atoms with E-state index < -0.39 is 0 Å². The minimum atomic E-state index is 0.0949. The molecule has 1 saturated heterocycles. The van der Waals surface area contributed by atoms with E-state index in [4.69, 9.17) is 0 Å². The molecule has 0 N–H and O–H groups in total. The molecule has 0 aromatic carbocycles. The average Bonchev–Trinajstić information content (AvgIpc) is 3.35. The van der Waals surface area contributed by atoms with Crippen molar-refractivity contribution in [1.29, 1.82) is 0 Å². The summed E-state index contributed by atoms with van der Waals surface area (Å²) in [5, 5.41) is 12.3. The SMILES string of the molecule is Cn1cccc1C(=O)N1CCN(c2nnnn2C2CCCC2)CC1.